The van der Waals surface area contributed by atoms with Crippen LogP contribution < -0.4 is 0 Å². The average molecular weight is 155 g/mol. The lowest BCUT2D eigenvalue weighted by molar-refractivity contribution is 0.0504. The van der Waals surface area contributed by atoms with Crippen molar-refractivity contribution in [1.29, 1.82) is 0 Å². The van der Waals surface area contributed by atoms with Gasteiger partial charge < -0.3 is 9.47 Å². The van der Waals surface area contributed by atoms with Gasteiger partial charge in [0.15, 0.2) is 0 Å². The molecule has 63 valence electrons. The number of ether oxygens (including phenoxy) is 2. The second-order valence-corrected chi connectivity index (χ2v) is 3.29. The van der Waals surface area contributed by atoms with E-state index in [0.717, 1.165) is 25.9 Å². The molecule has 2 aliphatic rings. The Kier molecular flexibility index (Phi) is 2.14. The third-order valence-electron chi connectivity index (χ3n) is 2.46. The Morgan fingerprint density at radius 2 is 2.36 bits per heavy atom. The van der Waals surface area contributed by atoms with Crippen LogP contribution in [0.1, 0.15) is 26.2 Å². The second-order valence-electron chi connectivity index (χ2n) is 3.29. The first-order chi connectivity index (χ1) is 5.40. The largest absolute Gasteiger partial charge is 0.375 e. The number of hydrogen-bond donors (Lipinski definition) is 0. The summed E-state index contributed by atoms with van der Waals surface area (Å²) in [7, 11) is 0. The van der Waals surface area contributed by atoms with Crippen LogP contribution in [0.4, 0.5) is 0 Å². The standard InChI is InChI=1S/C9H15O2/c1-2-3-7-6-9-8(11-7)4-5-10-9/h3,7-9H,2,4-6H2,1H3. The van der Waals surface area contributed by atoms with E-state index in [1.165, 1.54) is 0 Å². The van der Waals surface area contributed by atoms with E-state index in [4.69, 9.17) is 9.47 Å². The van der Waals surface area contributed by atoms with Gasteiger partial charge in [-0.25, -0.2) is 0 Å². The molecular formula is C9H15O2. The molecule has 0 amide bonds. The topological polar surface area (TPSA) is 18.5 Å². The van der Waals surface area contributed by atoms with Crippen molar-refractivity contribution in [1.82, 2.24) is 0 Å². The Morgan fingerprint density at radius 1 is 1.45 bits per heavy atom. The van der Waals surface area contributed by atoms with Gasteiger partial charge in [-0.3, -0.25) is 0 Å². The molecule has 3 atom stereocenters. The van der Waals surface area contributed by atoms with Gasteiger partial charge in [0.05, 0.1) is 18.3 Å². The van der Waals surface area contributed by atoms with Crippen molar-refractivity contribution >= 4 is 0 Å². The summed E-state index contributed by atoms with van der Waals surface area (Å²) in [5.74, 6) is 0. The smallest absolute Gasteiger partial charge is 0.0863 e. The maximum atomic E-state index is 5.75. The first-order valence-electron chi connectivity index (χ1n) is 4.50. The lowest BCUT2D eigenvalue weighted by atomic mass is 10.1. The van der Waals surface area contributed by atoms with E-state index >= 15 is 0 Å². The maximum Gasteiger partial charge on any atom is 0.0863 e. The van der Waals surface area contributed by atoms with Gasteiger partial charge in [-0.2, -0.15) is 0 Å². The third-order valence-corrected chi connectivity index (χ3v) is 2.46. The summed E-state index contributed by atoms with van der Waals surface area (Å²) < 4.78 is 11.3. The van der Waals surface area contributed by atoms with Crippen molar-refractivity contribution in [3.63, 3.8) is 0 Å². The molecule has 2 nitrogen and oxygen atoms in total. The van der Waals surface area contributed by atoms with Crippen LogP contribution in [-0.4, -0.2) is 24.9 Å². The zero-order valence-electron chi connectivity index (χ0n) is 6.95. The highest BCUT2D eigenvalue weighted by atomic mass is 16.6. The Hall–Kier alpha value is -0.0800. The summed E-state index contributed by atoms with van der Waals surface area (Å²) in [5.41, 5.74) is 0. The minimum Gasteiger partial charge on any atom is -0.375 e. The highest BCUT2D eigenvalue weighted by molar-refractivity contribution is 4.92. The number of fused-ring (bicyclic) bond motifs is 1. The summed E-state index contributed by atoms with van der Waals surface area (Å²) in [6.07, 6.45) is 6.70. The van der Waals surface area contributed by atoms with Gasteiger partial charge in [0, 0.05) is 13.0 Å². The number of rotatable bonds is 2. The Balaban J connectivity index is 1.84. The van der Waals surface area contributed by atoms with Crippen LogP contribution >= 0.6 is 0 Å². The van der Waals surface area contributed by atoms with E-state index in [0.29, 0.717) is 18.3 Å². The van der Waals surface area contributed by atoms with Gasteiger partial charge in [-0.15, -0.1) is 0 Å². The summed E-state index contributed by atoms with van der Waals surface area (Å²) in [6.45, 7) is 3.05. The van der Waals surface area contributed by atoms with E-state index in [1.54, 1.807) is 0 Å². The summed E-state index contributed by atoms with van der Waals surface area (Å²) >= 11 is 0. The van der Waals surface area contributed by atoms with Crippen molar-refractivity contribution < 1.29 is 9.47 Å². The van der Waals surface area contributed by atoms with E-state index in [-0.39, 0.29) is 0 Å². The number of hydrogen-bond acceptors (Lipinski definition) is 2. The lowest BCUT2D eigenvalue weighted by Crippen LogP contribution is -2.13. The Morgan fingerprint density at radius 3 is 3.09 bits per heavy atom. The summed E-state index contributed by atoms with van der Waals surface area (Å²) in [5, 5.41) is 0. The van der Waals surface area contributed by atoms with Crippen LogP contribution in [0.15, 0.2) is 0 Å². The molecule has 0 aromatic rings. The molecule has 0 aliphatic carbocycles. The van der Waals surface area contributed by atoms with Crippen LogP contribution in [0.3, 0.4) is 0 Å². The second kappa shape index (κ2) is 3.11. The fraction of sp³-hybridized carbons (Fsp3) is 0.889. The molecular weight excluding hydrogens is 140 g/mol. The van der Waals surface area contributed by atoms with Crippen LogP contribution in [0, 0.1) is 6.42 Å². The molecule has 1 radical (unpaired) electrons. The molecule has 2 fully saturated rings. The van der Waals surface area contributed by atoms with Gasteiger partial charge >= 0.3 is 0 Å². The van der Waals surface area contributed by atoms with Crippen LogP contribution in [-0.2, 0) is 9.47 Å². The Bertz CT molecular complexity index is 124. The van der Waals surface area contributed by atoms with Gasteiger partial charge in [-0.05, 0) is 12.8 Å². The van der Waals surface area contributed by atoms with Crippen LogP contribution in [0.2, 0.25) is 0 Å². The van der Waals surface area contributed by atoms with Crippen molar-refractivity contribution in [2.45, 2.75) is 44.5 Å². The molecule has 2 heterocycles. The average Bonchev–Trinajstić information content (AvgIpc) is 2.46. The van der Waals surface area contributed by atoms with Crippen LogP contribution in [0.5, 0.6) is 0 Å². The molecule has 0 saturated carbocycles. The molecule has 11 heavy (non-hydrogen) atoms. The highest BCUT2D eigenvalue weighted by Gasteiger charge is 2.38. The third kappa shape index (κ3) is 1.42. The SMILES string of the molecule is CC[CH]C1CC2OCCC2O1. The van der Waals surface area contributed by atoms with Crippen molar-refractivity contribution in [3.8, 4) is 0 Å². The van der Waals surface area contributed by atoms with Gasteiger partial charge in [0.25, 0.3) is 0 Å². The fourth-order valence-electron chi connectivity index (χ4n) is 1.93. The highest BCUT2D eigenvalue weighted by Crippen LogP contribution is 2.31. The van der Waals surface area contributed by atoms with Crippen molar-refractivity contribution in [2.24, 2.45) is 0 Å². The minimum atomic E-state index is 0.371. The maximum absolute atomic E-state index is 5.75. The molecule has 3 unspecified atom stereocenters. The molecule has 2 aliphatic heterocycles. The molecule has 0 aromatic heterocycles. The van der Waals surface area contributed by atoms with Gasteiger partial charge in [-0.1, -0.05) is 13.3 Å². The quantitative estimate of drug-likeness (QED) is 0.602. The molecule has 0 N–H and O–H groups in total. The van der Waals surface area contributed by atoms with E-state index in [2.05, 4.69) is 13.3 Å². The van der Waals surface area contributed by atoms with E-state index in [9.17, 15) is 0 Å². The zero-order valence-corrected chi connectivity index (χ0v) is 6.95. The first-order valence-corrected chi connectivity index (χ1v) is 4.50. The van der Waals surface area contributed by atoms with E-state index < -0.39 is 0 Å². The van der Waals surface area contributed by atoms with Gasteiger partial charge in [0.2, 0.25) is 0 Å². The molecule has 2 heteroatoms. The Labute approximate surface area is 67.9 Å². The monoisotopic (exact) mass is 155 g/mol. The van der Waals surface area contributed by atoms with Crippen molar-refractivity contribution in [2.75, 3.05) is 6.61 Å². The van der Waals surface area contributed by atoms with E-state index in [1.807, 2.05) is 0 Å². The normalized spacial score (nSPS) is 42.8. The summed E-state index contributed by atoms with van der Waals surface area (Å²) in [4.78, 5) is 0. The fourth-order valence-corrected chi connectivity index (χ4v) is 1.93. The van der Waals surface area contributed by atoms with Crippen LogP contribution in [0.25, 0.3) is 0 Å². The first kappa shape index (κ1) is 7.56. The molecule has 2 saturated heterocycles. The molecule has 0 bridgehead atoms. The predicted octanol–water partition coefficient (Wildman–Crippen LogP) is 1.55. The van der Waals surface area contributed by atoms with Crippen molar-refractivity contribution in [3.05, 3.63) is 6.42 Å². The molecule has 2 rings (SSSR count). The minimum absolute atomic E-state index is 0.371. The lowest BCUT2D eigenvalue weighted by Gasteiger charge is -2.08. The predicted molar refractivity (Wildman–Crippen MR) is 42.2 cm³/mol. The zero-order chi connectivity index (χ0) is 7.68. The molecule has 0 aromatic carbocycles. The van der Waals surface area contributed by atoms with Gasteiger partial charge in [0.1, 0.15) is 0 Å². The summed E-state index contributed by atoms with van der Waals surface area (Å²) in [6, 6.07) is 0. The molecule has 0 spiro atoms.